The topological polar surface area (TPSA) is 76.4 Å². The van der Waals surface area contributed by atoms with Crippen molar-refractivity contribution in [1.29, 1.82) is 0 Å². The molecular weight excluding hydrogens is 282 g/mol. The van der Waals surface area contributed by atoms with Gasteiger partial charge in [0.15, 0.2) is 0 Å². The molecule has 1 heterocycles. The minimum Gasteiger partial charge on any atom is -0.465 e. The standard InChI is InChI=1S/C16H13N3O3/c1-22-15(20)12-7-3-2-6-11(12)10-17-19-14-9-5-4-8-13(14)18-16(19)21/h2-10H,1H3,(H,18,21). The van der Waals surface area contributed by atoms with Crippen LogP contribution in [0.1, 0.15) is 15.9 Å². The third-order valence-electron chi connectivity index (χ3n) is 3.24. The van der Waals surface area contributed by atoms with Crippen molar-refractivity contribution in [2.24, 2.45) is 5.10 Å². The van der Waals surface area contributed by atoms with Gasteiger partial charge in [-0.1, -0.05) is 30.3 Å². The monoisotopic (exact) mass is 295 g/mol. The highest BCUT2D eigenvalue weighted by molar-refractivity contribution is 5.99. The van der Waals surface area contributed by atoms with Crippen LogP contribution in [-0.4, -0.2) is 29.0 Å². The lowest BCUT2D eigenvalue weighted by Crippen LogP contribution is -2.13. The van der Waals surface area contributed by atoms with E-state index < -0.39 is 5.97 Å². The van der Waals surface area contributed by atoms with Crippen LogP contribution in [0.4, 0.5) is 0 Å². The van der Waals surface area contributed by atoms with Gasteiger partial charge < -0.3 is 9.72 Å². The van der Waals surface area contributed by atoms with Gasteiger partial charge in [0.25, 0.3) is 0 Å². The van der Waals surface area contributed by atoms with E-state index in [1.807, 2.05) is 12.1 Å². The molecule has 0 fully saturated rings. The van der Waals surface area contributed by atoms with Crippen molar-refractivity contribution in [3.8, 4) is 0 Å². The van der Waals surface area contributed by atoms with E-state index in [1.165, 1.54) is 18.0 Å². The average Bonchev–Trinajstić information content (AvgIpc) is 2.87. The molecule has 0 saturated heterocycles. The third-order valence-corrected chi connectivity index (χ3v) is 3.24. The quantitative estimate of drug-likeness (QED) is 0.593. The Balaban J connectivity index is 2.06. The molecule has 1 aromatic heterocycles. The summed E-state index contributed by atoms with van der Waals surface area (Å²) in [6, 6.07) is 14.1. The van der Waals surface area contributed by atoms with Gasteiger partial charge in [-0.15, -0.1) is 0 Å². The Labute approximate surface area is 125 Å². The van der Waals surface area contributed by atoms with E-state index in [-0.39, 0.29) is 5.69 Å². The van der Waals surface area contributed by atoms with Gasteiger partial charge in [-0.25, -0.2) is 9.59 Å². The van der Waals surface area contributed by atoms with E-state index >= 15 is 0 Å². The highest BCUT2D eigenvalue weighted by Crippen LogP contribution is 2.10. The number of methoxy groups -OCH3 is 1. The second kappa shape index (κ2) is 5.69. The number of nitrogens with one attached hydrogen (secondary N) is 1. The number of hydrogen-bond donors (Lipinski definition) is 1. The van der Waals surface area contributed by atoms with Gasteiger partial charge in [0.05, 0.1) is 29.9 Å². The third kappa shape index (κ3) is 2.42. The average molecular weight is 295 g/mol. The molecule has 0 radical (unpaired) electrons. The number of esters is 1. The number of hydrogen-bond acceptors (Lipinski definition) is 4. The van der Waals surface area contributed by atoms with E-state index in [1.54, 1.807) is 36.4 Å². The Morgan fingerprint density at radius 1 is 1.18 bits per heavy atom. The molecule has 1 N–H and O–H groups in total. The lowest BCUT2D eigenvalue weighted by atomic mass is 10.1. The van der Waals surface area contributed by atoms with Gasteiger partial charge in [0.1, 0.15) is 0 Å². The number of carbonyl (C=O) groups is 1. The van der Waals surface area contributed by atoms with Gasteiger partial charge in [-0.2, -0.15) is 9.78 Å². The molecule has 0 aliphatic rings. The molecule has 0 aliphatic heterocycles. The minimum atomic E-state index is -0.451. The van der Waals surface area contributed by atoms with Crippen molar-refractivity contribution >= 4 is 23.2 Å². The number of benzene rings is 2. The Kier molecular flexibility index (Phi) is 3.57. The molecule has 0 amide bonds. The molecule has 0 aliphatic carbocycles. The smallest absolute Gasteiger partial charge is 0.347 e. The van der Waals surface area contributed by atoms with Crippen LogP contribution in [0, 0.1) is 0 Å². The normalized spacial score (nSPS) is 11.1. The molecule has 0 unspecified atom stereocenters. The van der Waals surface area contributed by atoms with Crippen molar-refractivity contribution in [2.75, 3.05) is 7.11 Å². The zero-order chi connectivity index (χ0) is 15.5. The molecule has 0 spiro atoms. The van der Waals surface area contributed by atoms with E-state index in [4.69, 9.17) is 4.74 Å². The first-order valence-electron chi connectivity index (χ1n) is 6.62. The lowest BCUT2D eigenvalue weighted by molar-refractivity contribution is 0.0600. The first kappa shape index (κ1) is 13.8. The maximum absolute atomic E-state index is 11.9. The fourth-order valence-electron chi connectivity index (χ4n) is 2.18. The highest BCUT2D eigenvalue weighted by Gasteiger charge is 2.10. The number of rotatable bonds is 3. The fraction of sp³-hybridized carbons (Fsp3) is 0.0625. The summed E-state index contributed by atoms with van der Waals surface area (Å²) < 4.78 is 5.99. The van der Waals surface area contributed by atoms with Crippen LogP contribution in [0.3, 0.4) is 0 Å². The molecule has 0 atom stereocenters. The largest absolute Gasteiger partial charge is 0.465 e. The van der Waals surface area contributed by atoms with Gasteiger partial charge in [-0.3, -0.25) is 0 Å². The fourth-order valence-corrected chi connectivity index (χ4v) is 2.18. The van der Waals surface area contributed by atoms with Gasteiger partial charge >= 0.3 is 11.7 Å². The summed E-state index contributed by atoms with van der Waals surface area (Å²) in [5.41, 5.74) is 1.99. The van der Waals surface area contributed by atoms with Crippen molar-refractivity contribution in [3.05, 3.63) is 70.1 Å². The molecule has 3 rings (SSSR count). The lowest BCUT2D eigenvalue weighted by Gasteiger charge is -2.02. The van der Waals surface area contributed by atoms with Crippen LogP contribution in [-0.2, 0) is 4.74 Å². The molecule has 22 heavy (non-hydrogen) atoms. The van der Waals surface area contributed by atoms with Gasteiger partial charge in [-0.05, 0) is 18.2 Å². The molecule has 2 aromatic carbocycles. The van der Waals surface area contributed by atoms with Crippen LogP contribution < -0.4 is 5.69 Å². The summed E-state index contributed by atoms with van der Waals surface area (Å²) in [7, 11) is 1.32. The van der Waals surface area contributed by atoms with Crippen molar-refractivity contribution < 1.29 is 9.53 Å². The summed E-state index contributed by atoms with van der Waals surface area (Å²) in [5, 5.41) is 4.18. The number of nitrogens with zero attached hydrogens (tertiary/aromatic N) is 2. The van der Waals surface area contributed by atoms with Gasteiger partial charge in [0.2, 0.25) is 0 Å². The maximum atomic E-state index is 11.9. The summed E-state index contributed by atoms with van der Waals surface area (Å²) in [4.78, 5) is 26.4. The zero-order valence-corrected chi connectivity index (χ0v) is 11.8. The molecule has 6 nitrogen and oxygen atoms in total. The summed E-state index contributed by atoms with van der Waals surface area (Å²) in [5.74, 6) is -0.451. The molecule has 110 valence electrons. The van der Waals surface area contributed by atoms with E-state index in [9.17, 15) is 9.59 Å². The Hall–Kier alpha value is -3.15. The number of para-hydroxylation sites is 2. The van der Waals surface area contributed by atoms with Crippen LogP contribution in [0.25, 0.3) is 11.0 Å². The Bertz CT molecular complexity index is 922. The number of imidazole rings is 1. The maximum Gasteiger partial charge on any atom is 0.347 e. The highest BCUT2D eigenvalue weighted by atomic mass is 16.5. The zero-order valence-electron chi connectivity index (χ0n) is 11.8. The number of H-pyrrole nitrogens is 1. The van der Waals surface area contributed by atoms with Crippen LogP contribution in [0.15, 0.2) is 58.4 Å². The second-order valence-electron chi connectivity index (χ2n) is 4.58. The Morgan fingerprint density at radius 2 is 1.91 bits per heavy atom. The van der Waals surface area contributed by atoms with Crippen LogP contribution >= 0.6 is 0 Å². The Morgan fingerprint density at radius 3 is 2.73 bits per heavy atom. The van der Waals surface area contributed by atoms with E-state index in [0.717, 1.165) is 0 Å². The predicted molar refractivity (Wildman–Crippen MR) is 83.3 cm³/mol. The summed E-state index contributed by atoms with van der Waals surface area (Å²) in [6.07, 6.45) is 1.47. The van der Waals surface area contributed by atoms with Crippen molar-refractivity contribution in [3.63, 3.8) is 0 Å². The van der Waals surface area contributed by atoms with Gasteiger partial charge in [0, 0.05) is 5.56 Å². The molecular formula is C16H13N3O3. The molecule has 6 heteroatoms. The minimum absolute atomic E-state index is 0.340. The van der Waals surface area contributed by atoms with E-state index in [2.05, 4.69) is 10.1 Å². The number of ether oxygens (including phenoxy) is 1. The molecule has 0 bridgehead atoms. The first-order valence-corrected chi connectivity index (χ1v) is 6.62. The first-order chi connectivity index (χ1) is 10.7. The molecule has 0 saturated carbocycles. The number of aromatic nitrogens is 2. The van der Waals surface area contributed by atoms with Crippen LogP contribution in [0.2, 0.25) is 0 Å². The number of aromatic amines is 1. The van der Waals surface area contributed by atoms with Crippen molar-refractivity contribution in [2.45, 2.75) is 0 Å². The number of carbonyl (C=O) groups excluding carboxylic acids is 1. The van der Waals surface area contributed by atoms with E-state index in [0.29, 0.717) is 22.2 Å². The molecule has 3 aromatic rings. The second-order valence-corrected chi connectivity index (χ2v) is 4.58. The van der Waals surface area contributed by atoms with Crippen LogP contribution in [0.5, 0.6) is 0 Å². The van der Waals surface area contributed by atoms with Crippen molar-refractivity contribution in [1.82, 2.24) is 9.66 Å². The summed E-state index contributed by atoms with van der Waals surface area (Å²) >= 11 is 0. The summed E-state index contributed by atoms with van der Waals surface area (Å²) in [6.45, 7) is 0. The number of fused-ring (bicyclic) bond motifs is 1. The predicted octanol–water partition coefficient (Wildman–Crippen LogP) is 2.00. The SMILES string of the molecule is COC(=O)c1ccccc1C=Nn1c(=O)[nH]c2ccccc21.